The van der Waals surface area contributed by atoms with E-state index in [-0.39, 0.29) is 29.6 Å². The molecular formula is CH2NNaO4S2. The van der Waals surface area contributed by atoms with Crippen LogP contribution in [0.5, 0.6) is 0 Å². The fourth-order valence-electron chi connectivity index (χ4n) is 0. The van der Waals surface area contributed by atoms with E-state index in [9.17, 15) is 0 Å². The largest absolute Gasteiger partial charge is 1.00 e. The topological polar surface area (TPSA) is 98.4 Å². The van der Waals surface area contributed by atoms with Gasteiger partial charge in [0.1, 0.15) is 0 Å². The summed E-state index contributed by atoms with van der Waals surface area (Å²) in [6.07, 6.45) is 0. The van der Waals surface area contributed by atoms with Crippen molar-refractivity contribution in [2.24, 2.45) is 0 Å². The summed E-state index contributed by atoms with van der Waals surface area (Å²) in [5.74, 6) is 0. The van der Waals surface area contributed by atoms with E-state index in [2.05, 4.69) is 12.6 Å². The molecular weight excluding hydrogens is 177 g/mol. The zero-order chi connectivity index (χ0) is 7.21. The molecule has 5 nitrogen and oxygen atoms in total. The van der Waals surface area contributed by atoms with Gasteiger partial charge < -0.3 is 12.6 Å². The van der Waals surface area contributed by atoms with Gasteiger partial charge in [0.2, 0.25) is 0 Å². The predicted molar refractivity (Wildman–Crippen MR) is 27.2 cm³/mol. The number of thiocyanates is 1. The van der Waals surface area contributed by atoms with Gasteiger partial charge in [-0.15, -0.1) is 0 Å². The summed E-state index contributed by atoms with van der Waals surface area (Å²) < 4.78 is 31.6. The van der Waals surface area contributed by atoms with Crippen LogP contribution in [0.4, 0.5) is 0 Å². The molecule has 8 heteroatoms. The fourth-order valence-corrected chi connectivity index (χ4v) is 0. The molecule has 48 valence electrons. The average Bonchev–Trinajstić information content (AvgIpc) is 1.27. The molecule has 0 unspecified atom stereocenters. The van der Waals surface area contributed by atoms with Crippen LogP contribution < -0.4 is 29.6 Å². The quantitative estimate of drug-likeness (QED) is 0.172. The minimum atomic E-state index is -4.67. The van der Waals surface area contributed by atoms with Crippen LogP contribution in [0.15, 0.2) is 0 Å². The van der Waals surface area contributed by atoms with Gasteiger partial charge in [0.25, 0.3) is 0 Å². The molecule has 0 fully saturated rings. The molecule has 0 aromatic rings. The molecule has 0 aliphatic heterocycles. The summed E-state index contributed by atoms with van der Waals surface area (Å²) in [4.78, 5) is 0. The molecule has 0 saturated heterocycles. The van der Waals surface area contributed by atoms with Crippen molar-refractivity contribution in [1.82, 2.24) is 0 Å². The van der Waals surface area contributed by atoms with Gasteiger partial charge in [-0.3, -0.25) is 9.11 Å². The Kier molecular flexibility index (Phi) is 15.5. The summed E-state index contributed by atoms with van der Waals surface area (Å²) in [5, 5.41) is 8.47. The van der Waals surface area contributed by atoms with Crippen molar-refractivity contribution in [2.75, 3.05) is 0 Å². The summed E-state index contributed by atoms with van der Waals surface area (Å²) in [5.41, 5.74) is 0. The SMILES string of the molecule is N#C[S-].O=S(=O)(O)O.[Na+]. The molecule has 0 aromatic carbocycles. The molecule has 2 N–H and O–H groups in total. The Bertz CT molecular complexity index is 159. The minimum absolute atomic E-state index is 0. The first-order chi connectivity index (χ1) is 3.41. The number of hydrogen-bond acceptors (Lipinski definition) is 4. The maximum absolute atomic E-state index is 8.74. The second-order valence-corrected chi connectivity index (χ2v) is 1.62. The molecule has 0 spiro atoms. The summed E-state index contributed by atoms with van der Waals surface area (Å²) in [6, 6.07) is 0. The Labute approximate surface area is 80.3 Å². The number of rotatable bonds is 0. The second kappa shape index (κ2) is 8.58. The van der Waals surface area contributed by atoms with Gasteiger partial charge in [-0.05, 0) is 0 Å². The normalized spacial score (nSPS) is 7.22. The van der Waals surface area contributed by atoms with Crippen molar-refractivity contribution in [3.05, 3.63) is 0 Å². The van der Waals surface area contributed by atoms with Crippen LogP contribution in [-0.2, 0) is 23.0 Å². The number of nitriles is 1. The van der Waals surface area contributed by atoms with E-state index in [4.69, 9.17) is 22.8 Å². The van der Waals surface area contributed by atoms with Crippen LogP contribution >= 0.6 is 0 Å². The summed E-state index contributed by atoms with van der Waals surface area (Å²) >= 11 is 3.70. The van der Waals surface area contributed by atoms with Crippen molar-refractivity contribution in [3.8, 4) is 5.40 Å². The van der Waals surface area contributed by atoms with E-state index >= 15 is 0 Å². The fraction of sp³-hybridized carbons (Fsp3) is 0. The molecule has 0 heterocycles. The Morgan fingerprint density at radius 3 is 1.44 bits per heavy atom. The molecule has 0 saturated carbocycles. The van der Waals surface area contributed by atoms with E-state index < -0.39 is 10.4 Å². The Balaban J connectivity index is -0.0000000800. The third kappa shape index (κ3) is 1100. The standard InChI is InChI=1S/CHNS.Na.H2O4S/c2-1-3;;1-5(2,3)4/h3H;;(H2,1,2,3,4)/q;+1;/p-1. The molecule has 9 heavy (non-hydrogen) atoms. The molecule has 0 radical (unpaired) electrons. The minimum Gasteiger partial charge on any atom is -0.696 e. The Hall–Kier alpha value is 0.580. The summed E-state index contributed by atoms with van der Waals surface area (Å²) in [6.45, 7) is 0. The Morgan fingerprint density at radius 2 is 1.44 bits per heavy atom. The van der Waals surface area contributed by atoms with E-state index in [1.165, 1.54) is 5.40 Å². The number of hydrogen-bond donors (Lipinski definition) is 2. The number of nitrogens with zero attached hydrogens (tertiary/aromatic N) is 1. The average molecular weight is 179 g/mol. The van der Waals surface area contributed by atoms with Gasteiger partial charge in [-0.2, -0.15) is 8.42 Å². The van der Waals surface area contributed by atoms with Gasteiger partial charge >= 0.3 is 40.0 Å². The third-order valence-electron chi connectivity index (χ3n) is 0. The van der Waals surface area contributed by atoms with Gasteiger partial charge in [-0.1, -0.05) is 5.40 Å². The van der Waals surface area contributed by atoms with Crippen LogP contribution in [0, 0.1) is 10.7 Å². The molecule has 0 atom stereocenters. The smallest absolute Gasteiger partial charge is 0.696 e. The van der Waals surface area contributed by atoms with Crippen molar-refractivity contribution >= 4 is 23.0 Å². The van der Waals surface area contributed by atoms with Crippen LogP contribution in [0.25, 0.3) is 0 Å². The van der Waals surface area contributed by atoms with Crippen molar-refractivity contribution < 1.29 is 47.1 Å². The molecule has 0 bridgehead atoms. The van der Waals surface area contributed by atoms with Crippen molar-refractivity contribution in [3.63, 3.8) is 0 Å². The molecule has 0 amide bonds. The van der Waals surface area contributed by atoms with Gasteiger partial charge in [0.15, 0.2) is 0 Å². The van der Waals surface area contributed by atoms with Crippen molar-refractivity contribution in [1.29, 1.82) is 5.26 Å². The first kappa shape index (κ1) is 16.3. The van der Waals surface area contributed by atoms with E-state index in [1.807, 2.05) is 0 Å². The molecule has 0 rings (SSSR count). The van der Waals surface area contributed by atoms with Gasteiger partial charge in [0.05, 0.1) is 0 Å². The molecule has 0 aromatic heterocycles. The summed E-state index contributed by atoms with van der Waals surface area (Å²) in [7, 11) is -4.67. The monoisotopic (exact) mass is 179 g/mol. The van der Waals surface area contributed by atoms with Crippen LogP contribution in [0.2, 0.25) is 0 Å². The van der Waals surface area contributed by atoms with E-state index in [0.717, 1.165) is 0 Å². The maximum Gasteiger partial charge on any atom is 1.00 e. The Morgan fingerprint density at radius 1 is 1.44 bits per heavy atom. The van der Waals surface area contributed by atoms with Crippen LogP contribution in [0.3, 0.4) is 0 Å². The second-order valence-electron chi connectivity index (χ2n) is 0.539. The van der Waals surface area contributed by atoms with E-state index in [0.29, 0.717) is 0 Å². The molecule has 0 aliphatic carbocycles. The zero-order valence-electron chi connectivity index (χ0n) is 4.47. The van der Waals surface area contributed by atoms with E-state index in [1.54, 1.807) is 0 Å². The van der Waals surface area contributed by atoms with Crippen LogP contribution in [0.1, 0.15) is 0 Å². The predicted octanol–water partition coefficient (Wildman–Crippen LogP) is -3.63. The third-order valence-corrected chi connectivity index (χ3v) is 0. The van der Waals surface area contributed by atoms with Crippen LogP contribution in [-0.4, -0.2) is 17.5 Å². The van der Waals surface area contributed by atoms with Crippen molar-refractivity contribution in [2.45, 2.75) is 0 Å². The van der Waals surface area contributed by atoms with Gasteiger partial charge in [-0.25, -0.2) is 5.26 Å². The first-order valence-electron chi connectivity index (χ1n) is 1.13. The maximum atomic E-state index is 8.74. The molecule has 0 aliphatic rings. The van der Waals surface area contributed by atoms with Gasteiger partial charge in [0, 0.05) is 0 Å². The first-order valence-corrected chi connectivity index (χ1v) is 2.93. The zero-order valence-corrected chi connectivity index (χ0v) is 8.11.